The molecule has 0 amide bonds. The lowest BCUT2D eigenvalue weighted by Crippen LogP contribution is -2.12. The monoisotopic (exact) mass is 253 g/mol. The maximum Gasteiger partial charge on any atom is 0.126 e. The molecule has 0 saturated heterocycles. The number of hydrogen-bond acceptors (Lipinski definition) is 2. The summed E-state index contributed by atoms with van der Waals surface area (Å²) in [6, 6.07) is 15.3. The zero-order chi connectivity index (χ0) is 13.2. The van der Waals surface area contributed by atoms with Crippen molar-refractivity contribution in [2.75, 3.05) is 14.2 Å². The van der Waals surface area contributed by atoms with Crippen LogP contribution < -0.4 is 10.1 Å². The Labute approximate surface area is 114 Å². The van der Waals surface area contributed by atoms with Crippen LogP contribution in [0, 0.1) is 0 Å². The maximum absolute atomic E-state index is 5.50. The van der Waals surface area contributed by atoms with E-state index >= 15 is 0 Å². The van der Waals surface area contributed by atoms with Crippen molar-refractivity contribution in [3.63, 3.8) is 0 Å². The highest BCUT2D eigenvalue weighted by atomic mass is 16.5. The Bertz CT molecular complexity index is 592. The van der Waals surface area contributed by atoms with E-state index in [4.69, 9.17) is 4.74 Å². The summed E-state index contributed by atoms with van der Waals surface area (Å²) in [5.41, 5.74) is 5.41. The van der Waals surface area contributed by atoms with Crippen LogP contribution in [0.1, 0.15) is 23.6 Å². The van der Waals surface area contributed by atoms with E-state index in [-0.39, 0.29) is 0 Å². The molecule has 3 rings (SSSR count). The average molecular weight is 253 g/mol. The topological polar surface area (TPSA) is 21.3 Å². The Balaban J connectivity index is 2.15. The average Bonchev–Trinajstić information content (AvgIpc) is 2.90. The highest BCUT2D eigenvalue weighted by Crippen LogP contribution is 2.40. The molecule has 0 aliphatic heterocycles. The van der Waals surface area contributed by atoms with Gasteiger partial charge in [0.05, 0.1) is 7.11 Å². The van der Waals surface area contributed by atoms with Gasteiger partial charge in [-0.05, 0) is 42.6 Å². The first-order valence-electron chi connectivity index (χ1n) is 6.77. The first kappa shape index (κ1) is 12.2. The number of nitrogens with one attached hydrogen (secondary N) is 1. The second-order valence-electron chi connectivity index (χ2n) is 4.95. The van der Waals surface area contributed by atoms with E-state index < -0.39 is 0 Å². The van der Waals surface area contributed by atoms with Crippen molar-refractivity contribution in [2.24, 2.45) is 0 Å². The molecule has 0 radical (unpaired) electrons. The Morgan fingerprint density at radius 3 is 2.63 bits per heavy atom. The smallest absolute Gasteiger partial charge is 0.126 e. The SMILES string of the molecule is CNC1CCc2c(-c3ccccc3OC)cccc21. The molecule has 0 heterocycles. The van der Waals surface area contributed by atoms with Crippen LogP contribution in [0.25, 0.3) is 11.1 Å². The normalized spacial score (nSPS) is 17.3. The van der Waals surface area contributed by atoms with Crippen LogP contribution in [-0.4, -0.2) is 14.2 Å². The lowest BCUT2D eigenvalue weighted by atomic mass is 9.96. The summed E-state index contributed by atoms with van der Waals surface area (Å²) < 4.78 is 5.50. The molecule has 98 valence electrons. The minimum absolute atomic E-state index is 0.490. The summed E-state index contributed by atoms with van der Waals surface area (Å²) in [5.74, 6) is 0.948. The molecule has 0 fully saturated rings. The van der Waals surface area contributed by atoms with Crippen molar-refractivity contribution in [2.45, 2.75) is 18.9 Å². The van der Waals surface area contributed by atoms with E-state index in [1.165, 1.54) is 28.7 Å². The molecule has 0 aromatic heterocycles. The van der Waals surface area contributed by atoms with E-state index in [1.54, 1.807) is 7.11 Å². The lowest BCUT2D eigenvalue weighted by Gasteiger charge is -2.14. The van der Waals surface area contributed by atoms with Gasteiger partial charge in [-0.3, -0.25) is 0 Å². The fourth-order valence-corrected chi connectivity index (χ4v) is 3.07. The standard InChI is InChI=1S/C17H19NO/c1-18-16-11-10-13-12(7-5-8-14(13)16)15-6-3-4-9-17(15)19-2/h3-9,16,18H,10-11H2,1-2H3. The third-order valence-electron chi connectivity index (χ3n) is 4.02. The van der Waals surface area contributed by atoms with Crippen molar-refractivity contribution in [3.05, 3.63) is 53.6 Å². The molecule has 2 aromatic rings. The van der Waals surface area contributed by atoms with Crippen molar-refractivity contribution in [1.82, 2.24) is 5.32 Å². The maximum atomic E-state index is 5.50. The summed E-state index contributed by atoms with van der Waals surface area (Å²) in [6.45, 7) is 0. The quantitative estimate of drug-likeness (QED) is 0.903. The van der Waals surface area contributed by atoms with Crippen LogP contribution in [0.2, 0.25) is 0 Å². The third-order valence-corrected chi connectivity index (χ3v) is 4.02. The van der Waals surface area contributed by atoms with Crippen LogP contribution in [0.4, 0.5) is 0 Å². The molecule has 0 spiro atoms. The Morgan fingerprint density at radius 2 is 1.84 bits per heavy atom. The molecule has 1 unspecified atom stereocenters. The number of methoxy groups -OCH3 is 1. The molecular weight excluding hydrogens is 234 g/mol. The van der Waals surface area contributed by atoms with Crippen molar-refractivity contribution >= 4 is 0 Å². The van der Waals surface area contributed by atoms with Gasteiger partial charge in [-0.15, -0.1) is 0 Å². The minimum Gasteiger partial charge on any atom is -0.496 e. The van der Waals surface area contributed by atoms with Gasteiger partial charge in [0, 0.05) is 11.6 Å². The van der Waals surface area contributed by atoms with Crippen LogP contribution in [0.3, 0.4) is 0 Å². The Kier molecular flexibility index (Phi) is 3.26. The van der Waals surface area contributed by atoms with Crippen LogP contribution in [-0.2, 0) is 6.42 Å². The molecule has 1 aliphatic rings. The second kappa shape index (κ2) is 5.06. The number of ether oxygens (including phenoxy) is 1. The summed E-state index contributed by atoms with van der Waals surface area (Å²) in [6.07, 6.45) is 2.31. The van der Waals surface area contributed by atoms with Gasteiger partial charge in [0.2, 0.25) is 0 Å². The van der Waals surface area contributed by atoms with Gasteiger partial charge in [0.15, 0.2) is 0 Å². The number of rotatable bonds is 3. The first-order valence-corrected chi connectivity index (χ1v) is 6.77. The molecule has 1 atom stereocenters. The molecule has 2 heteroatoms. The molecule has 2 nitrogen and oxygen atoms in total. The number of hydrogen-bond donors (Lipinski definition) is 1. The predicted molar refractivity (Wildman–Crippen MR) is 78.6 cm³/mol. The molecule has 19 heavy (non-hydrogen) atoms. The van der Waals surface area contributed by atoms with E-state index in [2.05, 4.69) is 35.6 Å². The van der Waals surface area contributed by atoms with Crippen LogP contribution in [0.5, 0.6) is 5.75 Å². The Hall–Kier alpha value is -1.80. The number of para-hydroxylation sites is 1. The fraction of sp³-hybridized carbons (Fsp3) is 0.294. The largest absolute Gasteiger partial charge is 0.496 e. The molecular formula is C17H19NO. The third kappa shape index (κ3) is 2.02. The minimum atomic E-state index is 0.490. The van der Waals surface area contributed by atoms with E-state index in [0.29, 0.717) is 6.04 Å². The van der Waals surface area contributed by atoms with E-state index in [0.717, 1.165) is 12.2 Å². The van der Waals surface area contributed by atoms with Gasteiger partial charge in [-0.25, -0.2) is 0 Å². The van der Waals surface area contributed by atoms with Gasteiger partial charge in [-0.1, -0.05) is 36.4 Å². The summed E-state index contributed by atoms with van der Waals surface area (Å²) >= 11 is 0. The molecule has 1 N–H and O–H groups in total. The first-order chi connectivity index (χ1) is 9.35. The molecule has 2 aromatic carbocycles. The van der Waals surface area contributed by atoms with Crippen LogP contribution in [0.15, 0.2) is 42.5 Å². The zero-order valence-electron chi connectivity index (χ0n) is 11.4. The zero-order valence-corrected chi connectivity index (χ0v) is 11.4. The van der Waals surface area contributed by atoms with Gasteiger partial charge < -0.3 is 10.1 Å². The summed E-state index contributed by atoms with van der Waals surface area (Å²) in [7, 11) is 3.77. The second-order valence-corrected chi connectivity index (χ2v) is 4.95. The Morgan fingerprint density at radius 1 is 1.05 bits per heavy atom. The number of benzene rings is 2. The van der Waals surface area contributed by atoms with Crippen molar-refractivity contribution in [3.8, 4) is 16.9 Å². The highest BCUT2D eigenvalue weighted by molar-refractivity contribution is 5.75. The van der Waals surface area contributed by atoms with Crippen LogP contribution >= 0.6 is 0 Å². The molecule has 0 saturated carbocycles. The van der Waals surface area contributed by atoms with E-state index in [9.17, 15) is 0 Å². The van der Waals surface area contributed by atoms with Gasteiger partial charge in [-0.2, -0.15) is 0 Å². The van der Waals surface area contributed by atoms with Gasteiger partial charge >= 0.3 is 0 Å². The van der Waals surface area contributed by atoms with Crippen molar-refractivity contribution in [1.29, 1.82) is 0 Å². The number of fused-ring (bicyclic) bond motifs is 1. The van der Waals surface area contributed by atoms with Crippen molar-refractivity contribution < 1.29 is 4.74 Å². The summed E-state index contributed by atoms with van der Waals surface area (Å²) in [4.78, 5) is 0. The van der Waals surface area contributed by atoms with E-state index in [1.807, 2.05) is 19.2 Å². The summed E-state index contributed by atoms with van der Waals surface area (Å²) in [5, 5.41) is 3.40. The molecule has 0 bridgehead atoms. The lowest BCUT2D eigenvalue weighted by molar-refractivity contribution is 0.416. The van der Waals surface area contributed by atoms with Gasteiger partial charge in [0.1, 0.15) is 5.75 Å². The predicted octanol–water partition coefficient (Wildman–Crippen LogP) is 3.57. The molecule has 1 aliphatic carbocycles. The van der Waals surface area contributed by atoms with Gasteiger partial charge in [0.25, 0.3) is 0 Å². The highest BCUT2D eigenvalue weighted by Gasteiger charge is 2.24. The fourth-order valence-electron chi connectivity index (χ4n) is 3.07.